The van der Waals surface area contributed by atoms with Crippen molar-refractivity contribution in [2.75, 3.05) is 5.32 Å². The van der Waals surface area contributed by atoms with Crippen molar-refractivity contribution in [3.05, 3.63) is 67.7 Å². The topological polar surface area (TPSA) is 86.6 Å². The van der Waals surface area contributed by atoms with Crippen LogP contribution in [0.15, 0.2) is 50.8 Å². The van der Waals surface area contributed by atoms with Gasteiger partial charge in [0.05, 0.1) is 11.1 Å². The number of anilines is 1. The van der Waals surface area contributed by atoms with Crippen LogP contribution in [0, 0.1) is 6.92 Å². The van der Waals surface area contributed by atoms with Gasteiger partial charge in [-0.1, -0.05) is 27.5 Å². The molecule has 0 aromatic heterocycles. The first kappa shape index (κ1) is 28.9. The van der Waals surface area contributed by atoms with E-state index in [2.05, 4.69) is 21.2 Å². The SMILES string of the molecule is Cc1cc2c(cc1Cl)C=C(C(=O)O)C(C(F)(F)F)S2.O=C(O)C1=Cc2cc(Br)ccc2NC1C(F)(F)F. The monoisotopic (exact) mass is 629 g/mol. The number of carboxylic acid groups (broad SMARTS) is 2. The molecule has 0 fully saturated rings. The number of fused-ring (bicyclic) bond motifs is 2. The highest BCUT2D eigenvalue weighted by molar-refractivity contribution is 9.10. The van der Waals surface area contributed by atoms with Crippen LogP contribution in [0.5, 0.6) is 0 Å². The molecule has 0 amide bonds. The number of hydrogen-bond donors (Lipinski definition) is 3. The summed E-state index contributed by atoms with van der Waals surface area (Å²) >= 11 is 9.56. The molecule has 2 atom stereocenters. The van der Waals surface area contributed by atoms with E-state index in [-0.39, 0.29) is 5.69 Å². The summed E-state index contributed by atoms with van der Waals surface area (Å²) in [5.41, 5.74) is 0.324. The lowest BCUT2D eigenvalue weighted by Gasteiger charge is -2.28. The summed E-state index contributed by atoms with van der Waals surface area (Å²) in [7, 11) is 0. The Hall–Kier alpha value is -2.64. The first-order valence-electron chi connectivity index (χ1n) is 10.0. The molecule has 0 spiro atoms. The highest BCUT2D eigenvalue weighted by atomic mass is 79.9. The number of hydrogen-bond acceptors (Lipinski definition) is 4. The molecule has 2 aromatic carbocycles. The molecule has 2 heterocycles. The van der Waals surface area contributed by atoms with Gasteiger partial charge in [-0.3, -0.25) is 0 Å². The molecule has 37 heavy (non-hydrogen) atoms. The molecule has 3 N–H and O–H groups in total. The summed E-state index contributed by atoms with van der Waals surface area (Å²) in [5.74, 6) is -3.16. The molecule has 0 aliphatic carbocycles. The minimum absolute atomic E-state index is 0.255. The average molecular weight is 631 g/mol. The van der Waals surface area contributed by atoms with E-state index < -0.39 is 46.7 Å². The normalized spacial score (nSPS) is 18.7. The van der Waals surface area contributed by atoms with Crippen molar-refractivity contribution < 1.29 is 46.1 Å². The van der Waals surface area contributed by atoms with Crippen LogP contribution in [0.1, 0.15) is 16.7 Å². The van der Waals surface area contributed by atoms with Crippen LogP contribution < -0.4 is 5.32 Å². The van der Waals surface area contributed by atoms with E-state index in [1.807, 2.05) is 0 Å². The zero-order valence-electron chi connectivity index (χ0n) is 18.3. The van der Waals surface area contributed by atoms with Crippen molar-refractivity contribution in [1.29, 1.82) is 0 Å². The second kappa shape index (κ2) is 10.6. The van der Waals surface area contributed by atoms with Gasteiger partial charge in [0.15, 0.2) is 6.04 Å². The number of thioether (sulfide) groups is 1. The molecule has 0 saturated carbocycles. The van der Waals surface area contributed by atoms with Gasteiger partial charge in [0.25, 0.3) is 0 Å². The molecule has 0 radical (unpaired) electrons. The molecule has 0 bridgehead atoms. The smallest absolute Gasteiger partial charge is 0.413 e. The fraction of sp³-hybridized carbons (Fsp3) is 0.217. The third-order valence-electron chi connectivity index (χ3n) is 5.18. The van der Waals surface area contributed by atoms with Gasteiger partial charge in [0, 0.05) is 20.1 Å². The Labute approximate surface area is 223 Å². The van der Waals surface area contributed by atoms with Gasteiger partial charge in [-0.05, 0) is 66.1 Å². The van der Waals surface area contributed by atoms with E-state index in [0.29, 0.717) is 42.8 Å². The van der Waals surface area contributed by atoms with Gasteiger partial charge < -0.3 is 15.5 Å². The van der Waals surface area contributed by atoms with Crippen LogP contribution in [0.25, 0.3) is 12.2 Å². The van der Waals surface area contributed by atoms with Gasteiger partial charge in [0.2, 0.25) is 0 Å². The number of benzene rings is 2. The molecule has 2 aliphatic heterocycles. The highest BCUT2D eigenvalue weighted by Crippen LogP contribution is 2.46. The molecule has 0 saturated heterocycles. The predicted molar refractivity (Wildman–Crippen MR) is 131 cm³/mol. The molecular weight excluding hydrogens is 616 g/mol. The highest BCUT2D eigenvalue weighted by Gasteiger charge is 2.47. The molecule has 4 rings (SSSR count). The van der Waals surface area contributed by atoms with Crippen LogP contribution in [0.2, 0.25) is 5.02 Å². The zero-order chi connectivity index (χ0) is 27.9. The fourth-order valence-electron chi connectivity index (χ4n) is 3.45. The maximum atomic E-state index is 12.9. The van der Waals surface area contributed by atoms with Crippen molar-refractivity contribution >= 4 is 69.1 Å². The third kappa shape index (κ3) is 6.63. The largest absolute Gasteiger partial charge is 0.478 e. The molecule has 5 nitrogen and oxygen atoms in total. The van der Waals surface area contributed by atoms with Crippen LogP contribution in [0.3, 0.4) is 0 Å². The van der Waals surface area contributed by atoms with Crippen molar-refractivity contribution in [3.63, 3.8) is 0 Å². The molecule has 14 heteroatoms. The summed E-state index contributed by atoms with van der Waals surface area (Å²) in [4.78, 5) is 22.2. The Morgan fingerprint density at radius 1 is 0.946 bits per heavy atom. The average Bonchev–Trinajstić information content (AvgIpc) is 2.77. The van der Waals surface area contributed by atoms with E-state index >= 15 is 0 Å². The van der Waals surface area contributed by atoms with Crippen molar-refractivity contribution in [2.24, 2.45) is 0 Å². The summed E-state index contributed by atoms with van der Waals surface area (Å²) < 4.78 is 77.5. The van der Waals surface area contributed by atoms with E-state index in [9.17, 15) is 35.9 Å². The number of aryl methyl sites for hydroxylation is 1. The van der Waals surface area contributed by atoms with Crippen molar-refractivity contribution in [2.45, 2.75) is 35.5 Å². The summed E-state index contributed by atoms with van der Waals surface area (Å²) in [6.07, 6.45) is -7.19. The first-order valence-corrected chi connectivity index (χ1v) is 12.1. The maximum absolute atomic E-state index is 12.9. The number of carboxylic acids is 2. The van der Waals surface area contributed by atoms with E-state index in [1.54, 1.807) is 19.1 Å². The lowest BCUT2D eigenvalue weighted by atomic mass is 9.97. The quantitative estimate of drug-likeness (QED) is 0.300. The van der Waals surface area contributed by atoms with Gasteiger partial charge in [-0.2, -0.15) is 26.3 Å². The molecule has 198 valence electrons. The number of nitrogens with one attached hydrogen (secondary N) is 1. The third-order valence-corrected chi connectivity index (χ3v) is 7.45. The Bertz CT molecular complexity index is 1330. The molecule has 2 aliphatic rings. The number of aliphatic carboxylic acids is 2. The summed E-state index contributed by atoms with van der Waals surface area (Å²) in [5, 5.41) is 18.3. The Morgan fingerprint density at radius 3 is 2.08 bits per heavy atom. The van der Waals surface area contributed by atoms with Gasteiger partial charge in [0.1, 0.15) is 5.25 Å². The minimum atomic E-state index is -4.66. The lowest BCUT2D eigenvalue weighted by molar-refractivity contribution is -0.146. The lowest BCUT2D eigenvalue weighted by Crippen LogP contribution is -2.41. The predicted octanol–water partition coefficient (Wildman–Crippen LogP) is 7.43. The second-order valence-corrected chi connectivity index (χ2v) is 10.3. The fourth-order valence-corrected chi connectivity index (χ4v) is 5.18. The Kier molecular flexibility index (Phi) is 8.30. The van der Waals surface area contributed by atoms with Crippen LogP contribution in [0.4, 0.5) is 32.0 Å². The molecular formula is C23H15BrClF6NO4S. The van der Waals surface area contributed by atoms with Crippen molar-refractivity contribution in [1.82, 2.24) is 0 Å². The number of rotatable bonds is 2. The zero-order valence-corrected chi connectivity index (χ0v) is 21.5. The first-order chi connectivity index (χ1) is 17.0. The van der Waals surface area contributed by atoms with Crippen LogP contribution in [-0.4, -0.2) is 45.8 Å². The van der Waals surface area contributed by atoms with E-state index in [4.69, 9.17) is 21.8 Å². The number of alkyl halides is 6. The molecule has 2 aromatic rings. The summed E-state index contributed by atoms with van der Waals surface area (Å²) in [6.45, 7) is 1.68. The van der Waals surface area contributed by atoms with E-state index in [1.165, 1.54) is 18.2 Å². The second-order valence-electron chi connectivity index (χ2n) is 7.84. The van der Waals surface area contributed by atoms with Crippen LogP contribution in [-0.2, 0) is 9.59 Å². The standard InChI is InChI=1S/C12H8ClF3O2S.C11H7BrF3NO2/c1-5-2-9-6(4-8(5)13)3-7(11(17)18)10(19-9)12(14,15)16;12-6-1-2-8-5(3-6)4-7(10(17)18)9(16-8)11(13,14)15/h2-4,10H,1H3,(H,17,18);1-4,9,16H,(H,17,18). The number of halogens is 8. The Morgan fingerprint density at radius 2 is 1.54 bits per heavy atom. The summed E-state index contributed by atoms with van der Waals surface area (Å²) in [6, 6.07) is 5.43. The van der Waals surface area contributed by atoms with Gasteiger partial charge in [-0.15, -0.1) is 11.8 Å². The van der Waals surface area contributed by atoms with Crippen LogP contribution >= 0.6 is 39.3 Å². The minimum Gasteiger partial charge on any atom is -0.478 e. The van der Waals surface area contributed by atoms with E-state index in [0.717, 1.165) is 12.2 Å². The Balaban J connectivity index is 0.000000206. The van der Waals surface area contributed by atoms with Crippen molar-refractivity contribution in [3.8, 4) is 0 Å². The molecule has 2 unspecified atom stereocenters. The van der Waals surface area contributed by atoms with Gasteiger partial charge in [-0.25, -0.2) is 9.59 Å². The maximum Gasteiger partial charge on any atom is 0.413 e. The van der Waals surface area contributed by atoms with Gasteiger partial charge >= 0.3 is 24.3 Å². The number of carbonyl (C=O) groups is 2.